The van der Waals surface area contributed by atoms with E-state index >= 15 is 0 Å². The van der Waals surface area contributed by atoms with Crippen LogP contribution in [-0.4, -0.2) is 17.0 Å². The molecule has 2 N–H and O–H groups in total. The molecule has 94 valence electrons. The summed E-state index contributed by atoms with van der Waals surface area (Å²) in [5.74, 6) is 0. The molecule has 0 fully saturated rings. The second-order valence-corrected chi connectivity index (χ2v) is 5.47. The number of imidazole rings is 1. The lowest BCUT2D eigenvalue weighted by Gasteiger charge is -2.05. The Kier molecular flexibility index (Phi) is 3.22. The number of nitrogens with one attached hydrogen (secondary N) is 2. The van der Waals surface area contributed by atoms with Gasteiger partial charge in [0.2, 0.25) is 0 Å². The Morgan fingerprint density at radius 2 is 2.17 bits per heavy atom. The summed E-state index contributed by atoms with van der Waals surface area (Å²) >= 11 is 3.42. The van der Waals surface area contributed by atoms with E-state index in [2.05, 4.69) is 49.4 Å². The van der Waals surface area contributed by atoms with Crippen LogP contribution >= 0.6 is 15.9 Å². The largest absolute Gasteiger partial charge is 0.335 e. The molecule has 0 aliphatic heterocycles. The Morgan fingerprint density at radius 3 is 3.00 bits per heavy atom. The number of hydrogen-bond acceptors (Lipinski definition) is 2. The average molecular weight is 306 g/mol. The SMILES string of the molecule is CNCc1[nH]c(Br)nc1-c1ccc2c(c1)CCC2. The van der Waals surface area contributed by atoms with E-state index in [1.54, 1.807) is 0 Å². The van der Waals surface area contributed by atoms with Gasteiger partial charge in [-0.3, -0.25) is 0 Å². The van der Waals surface area contributed by atoms with Crippen molar-refractivity contribution < 1.29 is 0 Å². The molecule has 0 amide bonds. The first-order valence-electron chi connectivity index (χ1n) is 6.29. The van der Waals surface area contributed by atoms with Gasteiger partial charge < -0.3 is 10.3 Å². The highest BCUT2D eigenvalue weighted by Crippen LogP contribution is 2.29. The fraction of sp³-hybridized carbons (Fsp3) is 0.357. The molecule has 0 spiro atoms. The van der Waals surface area contributed by atoms with E-state index in [4.69, 9.17) is 0 Å². The minimum Gasteiger partial charge on any atom is -0.335 e. The lowest BCUT2D eigenvalue weighted by atomic mass is 10.0. The second kappa shape index (κ2) is 4.86. The first kappa shape index (κ1) is 11.9. The maximum Gasteiger partial charge on any atom is 0.175 e. The summed E-state index contributed by atoms with van der Waals surface area (Å²) in [5, 5.41) is 3.17. The van der Waals surface area contributed by atoms with E-state index in [-0.39, 0.29) is 0 Å². The van der Waals surface area contributed by atoms with Crippen LogP contribution in [0.3, 0.4) is 0 Å². The molecule has 1 heterocycles. The average Bonchev–Trinajstić information content (AvgIpc) is 2.95. The van der Waals surface area contributed by atoms with Gasteiger partial charge in [0.05, 0.1) is 11.4 Å². The number of halogens is 1. The first-order valence-corrected chi connectivity index (χ1v) is 7.08. The normalized spacial score (nSPS) is 13.9. The summed E-state index contributed by atoms with van der Waals surface area (Å²) < 4.78 is 0.795. The molecule has 1 aromatic carbocycles. The second-order valence-electron chi connectivity index (χ2n) is 4.72. The molecule has 3 rings (SSSR count). The molecule has 0 atom stereocenters. The van der Waals surface area contributed by atoms with Crippen molar-refractivity contribution in [3.05, 3.63) is 39.8 Å². The zero-order valence-corrected chi connectivity index (χ0v) is 12.0. The highest BCUT2D eigenvalue weighted by atomic mass is 79.9. The van der Waals surface area contributed by atoms with Crippen molar-refractivity contribution in [1.82, 2.24) is 15.3 Å². The Bertz CT molecular complexity index is 574. The molecule has 0 saturated heterocycles. The van der Waals surface area contributed by atoms with E-state index in [0.717, 1.165) is 22.7 Å². The Balaban J connectivity index is 2.03. The van der Waals surface area contributed by atoms with Gasteiger partial charge in [-0.1, -0.05) is 12.1 Å². The van der Waals surface area contributed by atoms with E-state index in [0.29, 0.717) is 0 Å². The predicted molar refractivity (Wildman–Crippen MR) is 76.5 cm³/mol. The van der Waals surface area contributed by atoms with Gasteiger partial charge in [-0.15, -0.1) is 0 Å². The maximum absolute atomic E-state index is 4.55. The molecule has 3 nitrogen and oxygen atoms in total. The number of benzene rings is 1. The molecule has 0 unspecified atom stereocenters. The van der Waals surface area contributed by atoms with E-state index in [1.165, 1.54) is 36.0 Å². The number of hydrogen-bond donors (Lipinski definition) is 2. The van der Waals surface area contributed by atoms with Gasteiger partial charge in [0.1, 0.15) is 0 Å². The molecule has 18 heavy (non-hydrogen) atoms. The summed E-state index contributed by atoms with van der Waals surface area (Å²) in [6.07, 6.45) is 3.71. The predicted octanol–water partition coefficient (Wildman–Crippen LogP) is 3.05. The third-order valence-electron chi connectivity index (χ3n) is 3.48. The van der Waals surface area contributed by atoms with E-state index in [9.17, 15) is 0 Å². The Morgan fingerprint density at radius 1 is 1.33 bits per heavy atom. The lowest BCUT2D eigenvalue weighted by Crippen LogP contribution is -2.06. The van der Waals surface area contributed by atoms with Crippen LogP contribution in [0.2, 0.25) is 0 Å². The summed E-state index contributed by atoms with van der Waals surface area (Å²) in [6, 6.07) is 6.74. The van der Waals surface area contributed by atoms with E-state index < -0.39 is 0 Å². The summed E-state index contributed by atoms with van der Waals surface area (Å²) in [5.41, 5.74) is 6.38. The topological polar surface area (TPSA) is 40.7 Å². The van der Waals surface area contributed by atoms with Crippen molar-refractivity contribution in [3.63, 3.8) is 0 Å². The van der Waals surface area contributed by atoms with Gasteiger partial charge in [-0.2, -0.15) is 0 Å². The van der Waals surface area contributed by atoms with Crippen LogP contribution in [-0.2, 0) is 19.4 Å². The highest BCUT2D eigenvalue weighted by molar-refractivity contribution is 9.10. The minimum absolute atomic E-state index is 0.795. The van der Waals surface area contributed by atoms with Gasteiger partial charge in [0.25, 0.3) is 0 Å². The Hall–Kier alpha value is -1.13. The standard InChI is InChI=1S/C14H16BrN3/c1-16-8-12-13(18-14(15)17-12)11-6-5-9-3-2-4-10(9)7-11/h5-7,16H,2-4,8H2,1H3,(H,17,18). The summed E-state index contributed by atoms with van der Waals surface area (Å²) in [4.78, 5) is 7.80. The first-order chi connectivity index (χ1) is 8.78. The summed E-state index contributed by atoms with van der Waals surface area (Å²) in [7, 11) is 1.95. The van der Waals surface area contributed by atoms with Gasteiger partial charge in [0, 0.05) is 12.1 Å². The van der Waals surface area contributed by atoms with Crippen molar-refractivity contribution >= 4 is 15.9 Å². The fourth-order valence-electron chi connectivity index (χ4n) is 2.64. The molecule has 2 aromatic rings. The van der Waals surface area contributed by atoms with Crippen LogP contribution in [0, 0.1) is 0 Å². The third-order valence-corrected chi connectivity index (χ3v) is 3.85. The van der Waals surface area contributed by atoms with Crippen LogP contribution < -0.4 is 5.32 Å². The minimum atomic E-state index is 0.795. The number of rotatable bonds is 3. The molecule has 0 saturated carbocycles. The number of aryl methyl sites for hydroxylation is 2. The smallest absolute Gasteiger partial charge is 0.175 e. The number of nitrogens with zero attached hydrogens (tertiary/aromatic N) is 1. The molecular weight excluding hydrogens is 290 g/mol. The number of fused-ring (bicyclic) bond motifs is 1. The third kappa shape index (κ3) is 2.10. The fourth-order valence-corrected chi connectivity index (χ4v) is 3.06. The molecule has 1 aromatic heterocycles. The number of aromatic nitrogens is 2. The highest BCUT2D eigenvalue weighted by Gasteiger charge is 2.15. The van der Waals surface area contributed by atoms with Crippen LogP contribution in [0.1, 0.15) is 23.2 Å². The van der Waals surface area contributed by atoms with E-state index in [1.807, 2.05) is 7.05 Å². The molecule has 0 radical (unpaired) electrons. The number of aromatic amines is 1. The Labute approximate surface area is 115 Å². The molecule has 4 heteroatoms. The van der Waals surface area contributed by atoms with Crippen molar-refractivity contribution in [2.75, 3.05) is 7.05 Å². The zero-order valence-electron chi connectivity index (χ0n) is 10.4. The molecular formula is C14H16BrN3. The molecule has 1 aliphatic rings. The van der Waals surface area contributed by atoms with Crippen molar-refractivity contribution in [2.24, 2.45) is 0 Å². The zero-order chi connectivity index (χ0) is 12.5. The van der Waals surface area contributed by atoms with Gasteiger partial charge >= 0.3 is 0 Å². The van der Waals surface area contributed by atoms with Crippen LogP contribution in [0.25, 0.3) is 11.3 Å². The van der Waals surface area contributed by atoms with Crippen molar-refractivity contribution in [1.29, 1.82) is 0 Å². The monoisotopic (exact) mass is 305 g/mol. The molecule has 1 aliphatic carbocycles. The quantitative estimate of drug-likeness (QED) is 0.915. The van der Waals surface area contributed by atoms with Gasteiger partial charge in [-0.25, -0.2) is 4.98 Å². The van der Waals surface area contributed by atoms with Crippen LogP contribution in [0.4, 0.5) is 0 Å². The maximum atomic E-state index is 4.55. The van der Waals surface area contributed by atoms with Crippen molar-refractivity contribution in [3.8, 4) is 11.3 Å². The van der Waals surface area contributed by atoms with Crippen LogP contribution in [0.15, 0.2) is 22.9 Å². The van der Waals surface area contributed by atoms with Gasteiger partial charge in [0.15, 0.2) is 4.73 Å². The summed E-state index contributed by atoms with van der Waals surface area (Å²) in [6.45, 7) is 0.797. The van der Waals surface area contributed by atoms with Crippen molar-refractivity contribution in [2.45, 2.75) is 25.8 Å². The van der Waals surface area contributed by atoms with Gasteiger partial charge in [-0.05, 0) is 59.4 Å². The number of H-pyrrole nitrogens is 1. The van der Waals surface area contributed by atoms with Crippen LogP contribution in [0.5, 0.6) is 0 Å². The lowest BCUT2D eigenvalue weighted by molar-refractivity contribution is 0.797. The molecule has 0 bridgehead atoms.